The highest BCUT2D eigenvalue weighted by atomic mass is 14.7. The maximum Gasteiger partial charge on any atom is 0.0799 e. The predicted molar refractivity (Wildman–Crippen MR) is 94.5 cm³/mol. The summed E-state index contributed by atoms with van der Waals surface area (Å²) in [7, 11) is 0. The van der Waals surface area contributed by atoms with Gasteiger partial charge in [0.1, 0.15) is 0 Å². The zero-order valence-electron chi connectivity index (χ0n) is 13.9. The van der Waals surface area contributed by atoms with Crippen LogP contribution < -0.4 is 0 Å². The highest BCUT2D eigenvalue weighted by molar-refractivity contribution is 6.03. The van der Waals surface area contributed by atoms with Gasteiger partial charge in [-0.15, -0.1) is 0 Å². The van der Waals surface area contributed by atoms with E-state index in [1.54, 1.807) is 0 Å². The largest absolute Gasteiger partial charge is 0.256 e. The van der Waals surface area contributed by atoms with Gasteiger partial charge < -0.3 is 0 Å². The molecule has 3 rings (SSSR count). The third-order valence-corrected chi connectivity index (χ3v) is 4.86. The maximum absolute atomic E-state index is 4.96. The first-order valence-electron chi connectivity index (χ1n) is 8.33. The average Bonchev–Trinajstić information content (AvgIpc) is 2.59. The monoisotopic (exact) mass is 292 g/mol. The van der Waals surface area contributed by atoms with Crippen molar-refractivity contribution in [3.63, 3.8) is 0 Å². The summed E-state index contributed by atoms with van der Waals surface area (Å²) < 4.78 is 0. The Bertz CT molecular complexity index is 739. The lowest BCUT2D eigenvalue weighted by Gasteiger charge is -2.12. The highest BCUT2D eigenvalue weighted by Gasteiger charge is 2.10. The van der Waals surface area contributed by atoms with Crippen molar-refractivity contribution in [2.24, 2.45) is 0 Å². The van der Waals surface area contributed by atoms with Crippen molar-refractivity contribution < 1.29 is 0 Å². The first-order valence-corrected chi connectivity index (χ1v) is 8.33. The Morgan fingerprint density at radius 3 is 2.41 bits per heavy atom. The van der Waals surface area contributed by atoms with Gasteiger partial charge in [-0.2, -0.15) is 0 Å². The van der Waals surface area contributed by atoms with E-state index in [0.29, 0.717) is 11.8 Å². The van der Waals surface area contributed by atoms with E-state index in [4.69, 9.17) is 4.98 Å². The first kappa shape index (κ1) is 15.0. The smallest absolute Gasteiger partial charge is 0.0799 e. The van der Waals surface area contributed by atoms with Crippen LogP contribution in [0.15, 0.2) is 36.5 Å². The molecular weight excluding hydrogens is 268 g/mol. The quantitative estimate of drug-likeness (QED) is 0.567. The third-order valence-electron chi connectivity index (χ3n) is 4.86. The second-order valence-electron chi connectivity index (χ2n) is 6.33. The van der Waals surface area contributed by atoms with Crippen molar-refractivity contribution in [3.8, 4) is 0 Å². The van der Waals surface area contributed by atoms with Crippen molar-refractivity contribution in [2.75, 3.05) is 0 Å². The van der Waals surface area contributed by atoms with Gasteiger partial charge in [-0.3, -0.25) is 9.97 Å². The van der Waals surface area contributed by atoms with Gasteiger partial charge in [0.2, 0.25) is 0 Å². The van der Waals surface area contributed by atoms with Crippen LogP contribution >= 0.6 is 0 Å². The molecular formula is C20H24N2. The average molecular weight is 292 g/mol. The SMILES string of the molecule is CCC(C)c1cnc2ccc3ccc(C(C)CC)nc3c2c1. The first-order chi connectivity index (χ1) is 10.6. The maximum atomic E-state index is 4.96. The second-order valence-corrected chi connectivity index (χ2v) is 6.33. The third kappa shape index (κ3) is 2.58. The molecule has 0 spiro atoms. The number of benzene rings is 1. The van der Waals surface area contributed by atoms with E-state index in [9.17, 15) is 0 Å². The molecule has 0 fully saturated rings. The molecule has 0 aliphatic heterocycles. The van der Waals surface area contributed by atoms with Crippen molar-refractivity contribution in [3.05, 3.63) is 47.8 Å². The van der Waals surface area contributed by atoms with Crippen LogP contribution in [0, 0.1) is 0 Å². The van der Waals surface area contributed by atoms with Gasteiger partial charge in [-0.1, -0.05) is 39.8 Å². The molecule has 0 aliphatic rings. The molecule has 2 unspecified atom stereocenters. The van der Waals surface area contributed by atoms with Crippen molar-refractivity contribution >= 4 is 21.8 Å². The molecule has 2 aromatic heterocycles. The summed E-state index contributed by atoms with van der Waals surface area (Å²) in [6, 6.07) is 10.9. The van der Waals surface area contributed by atoms with E-state index < -0.39 is 0 Å². The minimum absolute atomic E-state index is 0.491. The van der Waals surface area contributed by atoms with Gasteiger partial charge in [0.15, 0.2) is 0 Å². The summed E-state index contributed by atoms with van der Waals surface area (Å²) in [6.45, 7) is 8.92. The Morgan fingerprint density at radius 1 is 0.955 bits per heavy atom. The molecule has 0 saturated heterocycles. The van der Waals surface area contributed by atoms with Crippen LogP contribution in [0.1, 0.15) is 63.6 Å². The van der Waals surface area contributed by atoms with Crippen LogP contribution in [-0.2, 0) is 0 Å². The lowest BCUT2D eigenvalue weighted by molar-refractivity contribution is 0.712. The van der Waals surface area contributed by atoms with Gasteiger partial charge in [-0.05, 0) is 48.4 Å². The summed E-state index contributed by atoms with van der Waals surface area (Å²) in [6.07, 6.45) is 4.25. The Kier molecular flexibility index (Phi) is 4.10. The highest BCUT2D eigenvalue weighted by Crippen LogP contribution is 2.28. The van der Waals surface area contributed by atoms with Crippen LogP contribution in [0.25, 0.3) is 21.8 Å². The van der Waals surface area contributed by atoms with E-state index in [0.717, 1.165) is 23.9 Å². The molecule has 3 aromatic rings. The molecule has 0 amide bonds. The Balaban J connectivity index is 2.26. The lowest BCUT2D eigenvalue weighted by Crippen LogP contribution is -1.97. The summed E-state index contributed by atoms with van der Waals surface area (Å²) in [4.78, 5) is 9.62. The number of hydrogen-bond donors (Lipinski definition) is 0. The summed E-state index contributed by atoms with van der Waals surface area (Å²) >= 11 is 0. The zero-order chi connectivity index (χ0) is 15.7. The van der Waals surface area contributed by atoms with Crippen molar-refractivity contribution in [2.45, 2.75) is 52.4 Å². The number of aromatic nitrogens is 2. The second kappa shape index (κ2) is 6.04. The Hall–Kier alpha value is -1.96. The molecule has 0 N–H and O–H groups in total. The van der Waals surface area contributed by atoms with Crippen LogP contribution in [0.4, 0.5) is 0 Å². The van der Waals surface area contributed by atoms with Gasteiger partial charge in [0.25, 0.3) is 0 Å². The van der Waals surface area contributed by atoms with Crippen LogP contribution in [0.5, 0.6) is 0 Å². The summed E-state index contributed by atoms with van der Waals surface area (Å²) in [5, 5.41) is 2.38. The standard InChI is InChI=1S/C20H24N2/c1-5-13(3)16-11-17-19(21-12-16)10-8-15-7-9-18(14(4)6-2)22-20(15)17/h7-14H,5-6H2,1-4H3. The molecule has 2 atom stereocenters. The molecule has 0 bridgehead atoms. The number of nitrogens with zero attached hydrogens (tertiary/aromatic N) is 2. The van der Waals surface area contributed by atoms with E-state index in [1.807, 2.05) is 6.20 Å². The van der Waals surface area contributed by atoms with Crippen LogP contribution in [-0.4, -0.2) is 9.97 Å². The van der Waals surface area contributed by atoms with E-state index >= 15 is 0 Å². The number of pyridine rings is 2. The van der Waals surface area contributed by atoms with Gasteiger partial charge >= 0.3 is 0 Å². The molecule has 0 saturated carbocycles. The van der Waals surface area contributed by atoms with Crippen molar-refractivity contribution in [1.82, 2.24) is 9.97 Å². The topological polar surface area (TPSA) is 25.8 Å². The fourth-order valence-electron chi connectivity index (χ4n) is 2.81. The predicted octanol–water partition coefficient (Wildman–Crippen LogP) is 5.81. The minimum atomic E-state index is 0.491. The number of rotatable bonds is 4. The molecule has 0 radical (unpaired) electrons. The van der Waals surface area contributed by atoms with Gasteiger partial charge in [0, 0.05) is 22.7 Å². The molecule has 1 aromatic carbocycles. The van der Waals surface area contributed by atoms with Crippen LogP contribution in [0.3, 0.4) is 0 Å². The summed E-state index contributed by atoms with van der Waals surface area (Å²) in [5.41, 5.74) is 4.61. The molecule has 2 heterocycles. The normalized spacial score (nSPS) is 14.4. The van der Waals surface area contributed by atoms with E-state index in [1.165, 1.54) is 22.0 Å². The molecule has 114 valence electrons. The Morgan fingerprint density at radius 2 is 1.68 bits per heavy atom. The molecule has 22 heavy (non-hydrogen) atoms. The lowest BCUT2D eigenvalue weighted by atomic mass is 9.97. The van der Waals surface area contributed by atoms with E-state index in [2.05, 4.69) is 63.0 Å². The fraction of sp³-hybridized carbons (Fsp3) is 0.400. The van der Waals surface area contributed by atoms with Gasteiger partial charge in [-0.25, -0.2) is 0 Å². The molecule has 0 aliphatic carbocycles. The van der Waals surface area contributed by atoms with Gasteiger partial charge in [0.05, 0.1) is 11.0 Å². The Labute approximate surface area is 132 Å². The van der Waals surface area contributed by atoms with Crippen molar-refractivity contribution in [1.29, 1.82) is 0 Å². The zero-order valence-corrected chi connectivity index (χ0v) is 13.9. The molecule has 2 heteroatoms. The van der Waals surface area contributed by atoms with E-state index in [-0.39, 0.29) is 0 Å². The van der Waals surface area contributed by atoms with Crippen LogP contribution in [0.2, 0.25) is 0 Å². The number of fused-ring (bicyclic) bond motifs is 3. The number of hydrogen-bond acceptors (Lipinski definition) is 2. The fourth-order valence-corrected chi connectivity index (χ4v) is 2.81. The summed E-state index contributed by atoms with van der Waals surface area (Å²) in [5.74, 6) is 1.02. The molecule has 2 nitrogen and oxygen atoms in total. The minimum Gasteiger partial charge on any atom is -0.256 e.